The summed E-state index contributed by atoms with van der Waals surface area (Å²) in [6, 6.07) is 10.6. The number of nitrogens with zero attached hydrogens (tertiary/aromatic N) is 1. The third-order valence-corrected chi connectivity index (χ3v) is 6.38. The Morgan fingerprint density at radius 1 is 1.17 bits per heavy atom. The molecule has 0 radical (unpaired) electrons. The van der Waals surface area contributed by atoms with Gasteiger partial charge in [-0.3, -0.25) is 19.0 Å². The second kappa shape index (κ2) is 7.85. The molecule has 2 heterocycles. The molecule has 1 aromatic carbocycles. The van der Waals surface area contributed by atoms with Crippen LogP contribution in [-0.2, 0) is 13.0 Å². The zero-order valence-corrected chi connectivity index (χ0v) is 18.3. The molecule has 5 nitrogen and oxygen atoms in total. The molecular formula is C23H21ClN2O3S. The molecule has 0 unspecified atom stereocenters. The molecule has 1 N–H and O–H groups in total. The second-order valence-electron chi connectivity index (χ2n) is 8.25. The quantitative estimate of drug-likeness (QED) is 0.642. The number of halogens is 1. The van der Waals surface area contributed by atoms with E-state index in [-0.39, 0.29) is 16.8 Å². The maximum absolute atomic E-state index is 13.4. The first-order chi connectivity index (χ1) is 14.2. The number of hydrogen-bond acceptors (Lipinski definition) is 4. The standard InChI is InChI=1S/C23H21ClN2O3S/c1-23(2)10-17-18(19(27)11-23)13-26(15-7-5-14(24)6-8-15)22(29)20(17)21(28)25-12-16-4-3-9-30-16/h3-9,13H,10-12H2,1-2H3,(H,25,28). The van der Waals surface area contributed by atoms with Crippen molar-refractivity contribution < 1.29 is 9.59 Å². The number of ketones is 1. The van der Waals surface area contributed by atoms with Crippen LogP contribution in [0.2, 0.25) is 5.02 Å². The summed E-state index contributed by atoms with van der Waals surface area (Å²) in [5, 5.41) is 5.32. The summed E-state index contributed by atoms with van der Waals surface area (Å²) >= 11 is 7.51. The zero-order valence-electron chi connectivity index (χ0n) is 16.7. The predicted octanol–water partition coefficient (Wildman–Crippen LogP) is 4.64. The number of rotatable bonds is 4. The lowest BCUT2D eigenvalue weighted by molar-refractivity contribution is 0.0909. The summed E-state index contributed by atoms with van der Waals surface area (Å²) in [6.45, 7) is 4.29. The third kappa shape index (κ3) is 3.98. The van der Waals surface area contributed by atoms with E-state index in [1.807, 2.05) is 31.4 Å². The SMILES string of the molecule is CC1(C)CC(=O)c2cn(-c3ccc(Cl)cc3)c(=O)c(C(=O)NCc3cccs3)c2C1. The number of aromatic nitrogens is 1. The first-order valence-corrected chi connectivity index (χ1v) is 10.9. The molecule has 154 valence electrons. The molecule has 1 aliphatic carbocycles. The van der Waals surface area contributed by atoms with Gasteiger partial charge in [0.2, 0.25) is 0 Å². The fourth-order valence-electron chi connectivity index (χ4n) is 3.84. The van der Waals surface area contributed by atoms with E-state index in [2.05, 4.69) is 5.32 Å². The highest BCUT2D eigenvalue weighted by molar-refractivity contribution is 7.09. The Hall–Kier alpha value is -2.70. The smallest absolute Gasteiger partial charge is 0.268 e. The zero-order chi connectivity index (χ0) is 21.5. The Kier molecular flexibility index (Phi) is 5.38. The van der Waals surface area contributed by atoms with Crippen molar-refractivity contribution in [1.82, 2.24) is 9.88 Å². The highest BCUT2D eigenvalue weighted by Crippen LogP contribution is 2.35. The second-order valence-corrected chi connectivity index (χ2v) is 9.72. The van der Waals surface area contributed by atoms with Crippen LogP contribution < -0.4 is 10.9 Å². The molecule has 1 aliphatic rings. The largest absolute Gasteiger partial charge is 0.347 e. The minimum atomic E-state index is -0.460. The number of nitrogens with one attached hydrogen (secondary N) is 1. The van der Waals surface area contributed by atoms with Gasteiger partial charge in [-0.15, -0.1) is 11.3 Å². The lowest BCUT2D eigenvalue weighted by Crippen LogP contribution is -2.38. The van der Waals surface area contributed by atoms with Crippen LogP contribution in [0.5, 0.6) is 0 Å². The molecular weight excluding hydrogens is 420 g/mol. The lowest BCUT2D eigenvalue weighted by atomic mass is 9.73. The van der Waals surface area contributed by atoms with E-state index in [9.17, 15) is 14.4 Å². The van der Waals surface area contributed by atoms with Gasteiger partial charge in [-0.05, 0) is 53.1 Å². The fraction of sp³-hybridized carbons (Fsp3) is 0.261. The molecule has 4 rings (SSSR count). The van der Waals surface area contributed by atoms with Crippen molar-refractivity contribution in [3.63, 3.8) is 0 Å². The van der Waals surface area contributed by atoms with Gasteiger partial charge in [0.25, 0.3) is 11.5 Å². The van der Waals surface area contributed by atoms with Crippen LogP contribution >= 0.6 is 22.9 Å². The first-order valence-electron chi connectivity index (χ1n) is 9.63. The maximum atomic E-state index is 13.4. The Bertz CT molecular complexity index is 1180. The average Bonchev–Trinajstić information content (AvgIpc) is 3.19. The Labute approximate surface area is 183 Å². The van der Waals surface area contributed by atoms with Crippen LogP contribution in [0.15, 0.2) is 52.8 Å². The van der Waals surface area contributed by atoms with E-state index >= 15 is 0 Å². The molecule has 0 aliphatic heterocycles. The third-order valence-electron chi connectivity index (χ3n) is 5.25. The molecule has 0 spiro atoms. The summed E-state index contributed by atoms with van der Waals surface area (Å²) < 4.78 is 1.37. The Morgan fingerprint density at radius 2 is 1.90 bits per heavy atom. The van der Waals surface area contributed by atoms with Gasteiger partial charge in [-0.1, -0.05) is 31.5 Å². The normalized spacial score (nSPS) is 15.0. The van der Waals surface area contributed by atoms with Crippen LogP contribution in [0.1, 0.15) is 51.4 Å². The Balaban J connectivity index is 1.85. The molecule has 1 amide bonds. The van der Waals surface area contributed by atoms with Crippen LogP contribution in [0.4, 0.5) is 0 Å². The number of carbonyl (C=O) groups is 2. The van der Waals surface area contributed by atoms with Crippen LogP contribution in [0.3, 0.4) is 0 Å². The molecule has 0 fully saturated rings. The summed E-state index contributed by atoms with van der Waals surface area (Å²) in [5.41, 5.74) is 0.814. The molecule has 0 saturated carbocycles. The molecule has 2 aromatic heterocycles. The summed E-state index contributed by atoms with van der Waals surface area (Å²) in [5.74, 6) is -0.519. The van der Waals surface area contributed by atoms with Crippen molar-refractivity contribution in [2.24, 2.45) is 5.41 Å². The van der Waals surface area contributed by atoms with Crippen LogP contribution in [-0.4, -0.2) is 16.3 Å². The molecule has 3 aromatic rings. The highest BCUT2D eigenvalue weighted by Gasteiger charge is 2.35. The van der Waals surface area contributed by atoms with Crippen molar-refractivity contribution >= 4 is 34.6 Å². The lowest BCUT2D eigenvalue weighted by Gasteiger charge is -2.31. The van der Waals surface area contributed by atoms with E-state index in [4.69, 9.17) is 11.6 Å². The van der Waals surface area contributed by atoms with E-state index < -0.39 is 11.5 Å². The fourth-order valence-corrected chi connectivity index (χ4v) is 4.61. The number of carbonyl (C=O) groups excluding carboxylic acids is 2. The van der Waals surface area contributed by atoms with Gasteiger partial charge in [0, 0.05) is 33.8 Å². The molecule has 0 bridgehead atoms. The van der Waals surface area contributed by atoms with Crippen molar-refractivity contribution in [2.75, 3.05) is 0 Å². The summed E-state index contributed by atoms with van der Waals surface area (Å²) in [4.78, 5) is 40.4. The van der Waals surface area contributed by atoms with Gasteiger partial charge in [0.05, 0.1) is 6.54 Å². The van der Waals surface area contributed by atoms with Crippen LogP contribution in [0.25, 0.3) is 5.69 Å². The average molecular weight is 441 g/mol. The van der Waals surface area contributed by atoms with Gasteiger partial charge < -0.3 is 5.32 Å². The van der Waals surface area contributed by atoms with Crippen molar-refractivity contribution in [3.05, 3.63) is 84.9 Å². The van der Waals surface area contributed by atoms with Gasteiger partial charge in [-0.2, -0.15) is 0 Å². The number of pyridine rings is 1. The van der Waals surface area contributed by atoms with Crippen LogP contribution in [0, 0.1) is 5.41 Å². The maximum Gasteiger partial charge on any atom is 0.268 e. The molecule has 7 heteroatoms. The van der Waals surface area contributed by atoms with Gasteiger partial charge in [-0.25, -0.2) is 0 Å². The number of benzene rings is 1. The first kappa shape index (κ1) is 20.6. The minimum absolute atomic E-state index is 0.0418. The number of thiophene rings is 1. The predicted molar refractivity (Wildman–Crippen MR) is 119 cm³/mol. The molecule has 0 atom stereocenters. The van der Waals surface area contributed by atoms with Gasteiger partial charge in [0.1, 0.15) is 5.56 Å². The van der Waals surface area contributed by atoms with E-state index in [1.165, 1.54) is 15.9 Å². The number of hydrogen-bond donors (Lipinski definition) is 1. The minimum Gasteiger partial charge on any atom is -0.347 e. The van der Waals surface area contributed by atoms with Gasteiger partial charge >= 0.3 is 0 Å². The molecule has 0 saturated heterocycles. The van der Waals surface area contributed by atoms with Crippen molar-refractivity contribution in [2.45, 2.75) is 33.2 Å². The number of Topliss-reactive ketones (excluding diaryl/α,β-unsaturated/α-hetero) is 1. The summed E-state index contributed by atoms with van der Waals surface area (Å²) in [7, 11) is 0. The number of fused-ring (bicyclic) bond motifs is 1. The topological polar surface area (TPSA) is 68.2 Å². The van der Waals surface area contributed by atoms with Gasteiger partial charge in [0.15, 0.2) is 5.78 Å². The number of amides is 1. The Morgan fingerprint density at radius 3 is 2.57 bits per heavy atom. The summed E-state index contributed by atoms with van der Waals surface area (Å²) in [6.07, 6.45) is 2.43. The van der Waals surface area contributed by atoms with Crippen molar-refractivity contribution in [1.29, 1.82) is 0 Å². The van der Waals surface area contributed by atoms with E-state index in [1.54, 1.807) is 30.5 Å². The van der Waals surface area contributed by atoms with Crippen molar-refractivity contribution in [3.8, 4) is 5.69 Å². The van der Waals surface area contributed by atoms with E-state index in [0.717, 1.165) is 4.88 Å². The molecule has 30 heavy (non-hydrogen) atoms. The monoisotopic (exact) mass is 440 g/mol. The highest BCUT2D eigenvalue weighted by atomic mass is 35.5. The van der Waals surface area contributed by atoms with E-state index in [0.29, 0.717) is 41.2 Å².